The largest absolute Gasteiger partial charge is 0.349 e. The molecule has 0 aliphatic rings. The SMILES string of the molecule is C=CCN(CC=C)c1cc(-c2ccccc2)ncn1. The van der Waals surface area contributed by atoms with Crippen molar-refractivity contribution in [2.24, 2.45) is 0 Å². The molecule has 2 aromatic rings. The second-order valence-corrected chi connectivity index (χ2v) is 4.11. The molecule has 0 aliphatic heterocycles. The molecule has 19 heavy (non-hydrogen) atoms. The number of benzene rings is 1. The van der Waals surface area contributed by atoms with Gasteiger partial charge in [0.25, 0.3) is 0 Å². The van der Waals surface area contributed by atoms with Crippen LogP contribution in [0, 0.1) is 0 Å². The zero-order chi connectivity index (χ0) is 13.5. The molecule has 0 saturated heterocycles. The first kappa shape index (κ1) is 13.0. The molecule has 1 heterocycles. The van der Waals surface area contributed by atoms with Gasteiger partial charge in [-0.15, -0.1) is 13.2 Å². The molecule has 2 rings (SSSR count). The van der Waals surface area contributed by atoms with Crippen molar-refractivity contribution >= 4 is 5.82 Å². The van der Waals surface area contributed by atoms with Gasteiger partial charge < -0.3 is 4.90 Å². The minimum absolute atomic E-state index is 0.733. The van der Waals surface area contributed by atoms with Gasteiger partial charge in [0, 0.05) is 24.7 Å². The monoisotopic (exact) mass is 251 g/mol. The summed E-state index contributed by atoms with van der Waals surface area (Å²) in [6, 6.07) is 12.1. The van der Waals surface area contributed by atoms with Gasteiger partial charge in [-0.3, -0.25) is 0 Å². The predicted molar refractivity (Wildman–Crippen MR) is 80.1 cm³/mol. The Morgan fingerprint density at radius 1 is 1.00 bits per heavy atom. The third-order valence-electron chi connectivity index (χ3n) is 2.75. The summed E-state index contributed by atoms with van der Waals surface area (Å²) in [6.45, 7) is 9.01. The molecule has 0 spiro atoms. The summed E-state index contributed by atoms with van der Waals surface area (Å²) in [5, 5.41) is 0. The van der Waals surface area contributed by atoms with Crippen LogP contribution >= 0.6 is 0 Å². The molecule has 0 unspecified atom stereocenters. The Kier molecular flexibility index (Phi) is 4.45. The fraction of sp³-hybridized carbons (Fsp3) is 0.125. The van der Waals surface area contributed by atoms with Crippen LogP contribution in [0.3, 0.4) is 0 Å². The lowest BCUT2D eigenvalue weighted by atomic mass is 10.1. The predicted octanol–water partition coefficient (Wildman–Crippen LogP) is 3.32. The molecule has 0 fully saturated rings. The first-order chi connectivity index (χ1) is 9.35. The molecule has 0 saturated carbocycles. The Morgan fingerprint density at radius 2 is 1.68 bits per heavy atom. The second kappa shape index (κ2) is 6.50. The van der Waals surface area contributed by atoms with Crippen LogP contribution in [-0.2, 0) is 0 Å². The minimum atomic E-state index is 0.733. The van der Waals surface area contributed by atoms with Crippen molar-refractivity contribution < 1.29 is 0 Å². The van der Waals surface area contributed by atoms with Crippen LogP contribution < -0.4 is 4.90 Å². The highest BCUT2D eigenvalue weighted by molar-refractivity contribution is 5.62. The van der Waals surface area contributed by atoms with E-state index in [-0.39, 0.29) is 0 Å². The molecule has 3 nitrogen and oxygen atoms in total. The fourth-order valence-corrected chi connectivity index (χ4v) is 1.86. The number of aromatic nitrogens is 2. The van der Waals surface area contributed by atoms with Gasteiger partial charge in [0.2, 0.25) is 0 Å². The van der Waals surface area contributed by atoms with E-state index in [1.165, 1.54) is 0 Å². The molecule has 0 N–H and O–H groups in total. The zero-order valence-corrected chi connectivity index (χ0v) is 10.9. The molecular formula is C16H17N3. The van der Waals surface area contributed by atoms with Crippen molar-refractivity contribution in [2.75, 3.05) is 18.0 Å². The molecule has 1 aromatic carbocycles. The third-order valence-corrected chi connectivity index (χ3v) is 2.75. The van der Waals surface area contributed by atoms with Crippen LogP contribution in [0.15, 0.2) is 68.0 Å². The van der Waals surface area contributed by atoms with Gasteiger partial charge in [-0.05, 0) is 0 Å². The van der Waals surface area contributed by atoms with Crippen LogP contribution in [0.2, 0.25) is 0 Å². The Balaban J connectivity index is 2.32. The van der Waals surface area contributed by atoms with E-state index in [9.17, 15) is 0 Å². The Labute approximate surface area is 113 Å². The number of hydrogen-bond acceptors (Lipinski definition) is 3. The van der Waals surface area contributed by atoms with E-state index in [1.54, 1.807) is 6.33 Å². The van der Waals surface area contributed by atoms with Gasteiger partial charge in [0.05, 0.1) is 5.69 Å². The van der Waals surface area contributed by atoms with E-state index in [0.717, 1.165) is 30.2 Å². The van der Waals surface area contributed by atoms with Crippen molar-refractivity contribution in [3.63, 3.8) is 0 Å². The Hall–Kier alpha value is -2.42. The maximum atomic E-state index is 4.32. The van der Waals surface area contributed by atoms with Gasteiger partial charge >= 0.3 is 0 Å². The van der Waals surface area contributed by atoms with Gasteiger partial charge in [0.15, 0.2) is 0 Å². The standard InChI is InChI=1S/C16H17N3/c1-3-10-19(11-4-2)16-12-15(17-13-18-16)14-8-6-5-7-9-14/h3-9,12-13H,1-2,10-11H2. The van der Waals surface area contributed by atoms with E-state index in [2.05, 4.69) is 28.0 Å². The molecule has 96 valence electrons. The number of nitrogens with zero attached hydrogens (tertiary/aromatic N) is 3. The minimum Gasteiger partial charge on any atom is -0.349 e. The van der Waals surface area contributed by atoms with Gasteiger partial charge in [-0.1, -0.05) is 42.5 Å². The van der Waals surface area contributed by atoms with Crippen molar-refractivity contribution in [2.45, 2.75) is 0 Å². The molecule has 0 radical (unpaired) electrons. The molecular weight excluding hydrogens is 234 g/mol. The van der Waals surface area contributed by atoms with Crippen LogP contribution in [0.1, 0.15) is 0 Å². The first-order valence-electron chi connectivity index (χ1n) is 6.19. The van der Waals surface area contributed by atoms with Crippen molar-refractivity contribution in [3.8, 4) is 11.3 Å². The maximum absolute atomic E-state index is 4.32. The first-order valence-corrected chi connectivity index (χ1v) is 6.19. The summed E-state index contributed by atoms with van der Waals surface area (Å²) in [4.78, 5) is 10.7. The van der Waals surface area contributed by atoms with Gasteiger partial charge in [0.1, 0.15) is 12.1 Å². The van der Waals surface area contributed by atoms with E-state index >= 15 is 0 Å². The average molecular weight is 251 g/mol. The summed E-state index contributed by atoms with van der Waals surface area (Å²) in [6.07, 6.45) is 5.30. The fourth-order valence-electron chi connectivity index (χ4n) is 1.86. The summed E-state index contributed by atoms with van der Waals surface area (Å²) >= 11 is 0. The molecule has 0 amide bonds. The maximum Gasteiger partial charge on any atom is 0.133 e. The third kappa shape index (κ3) is 3.28. The molecule has 1 aromatic heterocycles. The number of anilines is 1. The van der Waals surface area contributed by atoms with E-state index in [4.69, 9.17) is 0 Å². The zero-order valence-electron chi connectivity index (χ0n) is 10.9. The number of rotatable bonds is 6. The summed E-state index contributed by atoms with van der Waals surface area (Å²) in [7, 11) is 0. The quantitative estimate of drug-likeness (QED) is 0.737. The summed E-state index contributed by atoms with van der Waals surface area (Å²) in [5.41, 5.74) is 2.01. The Bertz CT molecular complexity index is 539. The van der Waals surface area contributed by atoms with Gasteiger partial charge in [-0.25, -0.2) is 9.97 Å². The summed E-state index contributed by atoms with van der Waals surface area (Å²) < 4.78 is 0. The van der Waals surface area contributed by atoms with E-state index in [0.29, 0.717) is 0 Å². The Morgan fingerprint density at radius 3 is 2.32 bits per heavy atom. The van der Waals surface area contributed by atoms with E-state index in [1.807, 2.05) is 48.6 Å². The summed E-state index contributed by atoms with van der Waals surface area (Å²) in [5.74, 6) is 0.883. The van der Waals surface area contributed by atoms with Crippen molar-refractivity contribution in [3.05, 3.63) is 68.0 Å². The topological polar surface area (TPSA) is 29.0 Å². The normalized spacial score (nSPS) is 9.89. The van der Waals surface area contributed by atoms with Gasteiger partial charge in [-0.2, -0.15) is 0 Å². The molecule has 0 aliphatic carbocycles. The second-order valence-electron chi connectivity index (χ2n) is 4.11. The lowest BCUT2D eigenvalue weighted by Gasteiger charge is -2.20. The lowest BCUT2D eigenvalue weighted by Crippen LogP contribution is -2.24. The molecule has 3 heteroatoms. The number of hydrogen-bond donors (Lipinski definition) is 0. The highest BCUT2D eigenvalue weighted by atomic mass is 15.2. The molecule has 0 atom stereocenters. The smallest absolute Gasteiger partial charge is 0.133 e. The lowest BCUT2D eigenvalue weighted by molar-refractivity contribution is 0.918. The van der Waals surface area contributed by atoms with Crippen LogP contribution in [0.25, 0.3) is 11.3 Å². The van der Waals surface area contributed by atoms with Crippen molar-refractivity contribution in [1.29, 1.82) is 0 Å². The van der Waals surface area contributed by atoms with Crippen molar-refractivity contribution in [1.82, 2.24) is 9.97 Å². The van der Waals surface area contributed by atoms with Crippen LogP contribution in [-0.4, -0.2) is 23.1 Å². The molecule has 0 bridgehead atoms. The van der Waals surface area contributed by atoms with Crippen LogP contribution in [0.4, 0.5) is 5.82 Å². The highest BCUT2D eigenvalue weighted by Gasteiger charge is 2.07. The van der Waals surface area contributed by atoms with Crippen LogP contribution in [0.5, 0.6) is 0 Å². The van der Waals surface area contributed by atoms with E-state index < -0.39 is 0 Å². The highest BCUT2D eigenvalue weighted by Crippen LogP contribution is 2.20. The average Bonchev–Trinajstić information content (AvgIpc) is 2.48.